The zero-order valence-corrected chi connectivity index (χ0v) is 11.8. The Morgan fingerprint density at radius 1 is 1.33 bits per heavy atom. The first-order chi connectivity index (χ1) is 8.72. The van der Waals surface area contributed by atoms with Crippen LogP contribution in [-0.2, 0) is 4.74 Å². The fourth-order valence-electron chi connectivity index (χ4n) is 2.67. The second-order valence-electron chi connectivity index (χ2n) is 5.32. The molecule has 1 N–H and O–H groups in total. The van der Waals surface area contributed by atoms with Crippen LogP contribution < -0.4 is 5.32 Å². The van der Waals surface area contributed by atoms with Crippen LogP contribution in [0.3, 0.4) is 0 Å². The topological polar surface area (TPSA) is 21.3 Å². The van der Waals surface area contributed by atoms with Gasteiger partial charge in [-0.3, -0.25) is 0 Å². The molecule has 2 atom stereocenters. The second kappa shape index (κ2) is 6.35. The van der Waals surface area contributed by atoms with Crippen LogP contribution >= 0.6 is 0 Å². The molecule has 0 amide bonds. The van der Waals surface area contributed by atoms with E-state index < -0.39 is 0 Å². The molecule has 1 heterocycles. The zero-order chi connectivity index (χ0) is 13.0. The van der Waals surface area contributed by atoms with Crippen LogP contribution in [-0.4, -0.2) is 19.2 Å². The Morgan fingerprint density at radius 3 is 2.94 bits per heavy atom. The highest BCUT2D eigenvalue weighted by Crippen LogP contribution is 2.31. The predicted octanol–water partition coefficient (Wildman–Crippen LogP) is 3.52. The van der Waals surface area contributed by atoms with Gasteiger partial charge in [0.1, 0.15) is 0 Å². The summed E-state index contributed by atoms with van der Waals surface area (Å²) in [5.74, 6) is 0. The molecule has 2 nitrogen and oxygen atoms in total. The van der Waals surface area contributed by atoms with Crippen molar-refractivity contribution < 1.29 is 4.74 Å². The molecule has 1 aromatic carbocycles. The lowest BCUT2D eigenvalue weighted by Gasteiger charge is -2.31. The minimum atomic E-state index is 0.271. The number of hydrogen-bond donors (Lipinski definition) is 1. The number of hydrogen-bond acceptors (Lipinski definition) is 2. The average molecular weight is 247 g/mol. The molecule has 0 spiro atoms. The van der Waals surface area contributed by atoms with Crippen molar-refractivity contribution in [2.75, 3.05) is 13.2 Å². The van der Waals surface area contributed by atoms with E-state index in [2.05, 4.69) is 44.3 Å². The quantitative estimate of drug-likeness (QED) is 0.879. The van der Waals surface area contributed by atoms with Gasteiger partial charge in [0.2, 0.25) is 0 Å². The maximum atomic E-state index is 5.97. The lowest BCUT2D eigenvalue weighted by Crippen LogP contribution is -2.36. The van der Waals surface area contributed by atoms with E-state index in [4.69, 9.17) is 4.74 Å². The maximum absolute atomic E-state index is 5.97. The van der Waals surface area contributed by atoms with Gasteiger partial charge >= 0.3 is 0 Å². The van der Waals surface area contributed by atoms with E-state index in [9.17, 15) is 0 Å². The van der Waals surface area contributed by atoms with Crippen molar-refractivity contribution in [3.63, 3.8) is 0 Å². The third-order valence-electron chi connectivity index (χ3n) is 3.96. The van der Waals surface area contributed by atoms with Crippen molar-refractivity contribution in [2.45, 2.75) is 52.2 Å². The van der Waals surface area contributed by atoms with Crippen molar-refractivity contribution in [1.29, 1.82) is 0 Å². The summed E-state index contributed by atoms with van der Waals surface area (Å²) in [7, 11) is 0. The second-order valence-corrected chi connectivity index (χ2v) is 5.32. The molecule has 1 saturated heterocycles. The molecule has 0 radical (unpaired) electrons. The first kappa shape index (κ1) is 13.6. The Bertz CT molecular complexity index is 389. The van der Waals surface area contributed by atoms with Crippen molar-refractivity contribution >= 4 is 0 Å². The molecular formula is C16H25NO. The summed E-state index contributed by atoms with van der Waals surface area (Å²) in [5, 5.41) is 3.63. The number of aryl methyl sites for hydroxylation is 1. The van der Waals surface area contributed by atoms with Gasteiger partial charge in [-0.1, -0.05) is 25.1 Å². The highest BCUT2D eigenvalue weighted by atomic mass is 16.5. The third kappa shape index (κ3) is 3.12. The standard InChI is InChI=1S/C16H25NO/c1-4-9-17-14-8-10-18-16(11-14)15-7-5-6-12(2)13(15)3/h5-7,14,16-17H,4,8-11H2,1-3H3. The molecule has 1 aromatic rings. The van der Waals surface area contributed by atoms with Gasteiger partial charge in [0, 0.05) is 12.6 Å². The third-order valence-corrected chi connectivity index (χ3v) is 3.96. The van der Waals surface area contributed by atoms with Crippen molar-refractivity contribution in [2.24, 2.45) is 0 Å². The van der Waals surface area contributed by atoms with Crippen LogP contribution in [0.15, 0.2) is 18.2 Å². The smallest absolute Gasteiger partial charge is 0.0842 e. The lowest BCUT2D eigenvalue weighted by atomic mass is 9.92. The molecule has 100 valence electrons. The summed E-state index contributed by atoms with van der Waals surface area (Å²) >= 11 is 0. The molecule has 1 aliphatic rings. The molecule has 18 heavy (non-hydrogen) atoms. The summed E-state index contributed by atoms with van der Waals surface area (Å²) in [6, 6.07) is 7.15. The fraction of sp³-hybridized carbons (Fsp3) is 0.625. The van der Waals surface area contributed by atoms with E-state index in [-0.39, 0.29) is 6.10 Å². The van der Waals surface area contributed by atoms with Crippen LogP contribution in [0.1, 0.15) is 49.0 Å². The minimum Gasteiger partial charge on any atom is -0.373 e. The van der Waals surface area contributed by atoms with E-state index in [1.165, 1.54) is 23.1 Å². The van der Waals surface area contributed by atoms with Crippen molar-refractivity contribution in [3.8, 4) is 0 Å². The zero-order valence-electron chi connectivity index (χ0n) is 11.8. The summed E-state index contributed by atoms with van der Waals surface area (Å²) in [5.41, 5.74) is 4.12. The normalized spacial score (nSPS) is 24.2. The first-order valence-corrected chi connectivity index (χ1v) is 7.13. The number of ether oxygens (including phenoxy) is 1. The monoisotopic (exact) mass is 247 g/mol. The van der Waals surface area contributed by atoms with Gasteiger partial charge in [0.25, 0.3) is 0 Å². The molecule has 0 bridgehead atoms. The van der Waals surface area contributed by atoms with E-state index in [1.807, 2.05) is 0 Å². The Kier molecular flexibility index (Phi) is 4.79. The highest BCUT2D eigenvalue weighted by Gasteiger charge is 2.24. The lowest BCUT2D eigenvalue weighted by molar-refractivity contribution is -0.0000164. The van der Waals surface area contributed by atoms with Gasteiger partial charge < -0.3 is 10.1 Å². The Balaban J connectivity index is 2.06. The largest absolute Gasteiger partial charge is 0.373 e. The molecule has 2 heteroatoms. The molecule has 0 aromatic heterocycles. The van der Waals surface area contributed by atoms with Gasteiger partial charge in [-0.05, 0) is 56.3 Å². The molecular weight excluding hydrogens is 222 g/mol. The summed E-state index contributed by atoms with van der Waals surface area (Å²) in [6.07, 6.45) is 3.71. The summed E-state index contributed by atoms with van der Waals surface area (Å²) in [4.78, 5) is 0. The van der Waals surface area contributed by atoms with Crippen LogP contribution in [0.2, 0.25) is 0 Å². The van der Waals surface area contributed by atoms with Gasteiger partial charge in [-0.2, -0.15) is 0 Å². The molecule has 2 rings (SSSR count). The summed E-state index contributed by atoms with van der Waals surface area (Å²) < 4.78 is 5.97. The Hall–Kier alpha value is -0.860. The summed E-state index contributed by atoms with van der Waals surface area (Å²) in [6.45, 7) is 8.59. The van der Waals surface area contributed by atoms with Gasteiger partial charge in [-0.25, -0.2) is 0 Å². The molecule has 0 aliphatic carbocycles. The van der Waals surface area contributed by atoms with E-state index in [1.54, 1.807) is 0 Å². The predicted molar refractivity (Wildman–Crippen MR) is 75.9 cm³/mol. The molecule has 1 fully saturated rings. The van der Waals surface area contributed by atoms with E-state index in [0.717, 1.165) is 26.0 Å². The fourth-order valence-corrected chi connectivity index (χ4v) is 2.67. The van der Waals surface area contributed by atoms with Gasteiger partial charge in [-0.15, -0.1) is 0 Å². The first-order valence-electron chi connectivity index (χ1n) is 7.13. The highest BCUT2D eigenvalue weighted by molar-refractivity contribution is 5.35. The molecule has 0 saturated carbocycles. The van der Waals surface area contributed by atoms with E-state index >= 15 is 0 Å². The van der Waals surface area contributed by atoms with E-state index in [0.29, 0.717) is 6.04 Å². The Morgan fingerprint density at radius 2 is 2.17 bits per heavy atom. The van der Waals surface area contributed by atoms with Crippen molar-refractivity contribution in [1.82, 2.24) is 5.32 Å². The molecule has 2 unspecified atom stereocenters. The van der Waals surface area contributed by atoms with Crippen LogP contribution in [0.5, 0.6) is 0 Å². The van der Waals surface area contributed by atoms with Crippen LogP contribution in [0, 0.1) is 13.8 Å². The molecule has 1 aliphatic heterocycles. The number of rotatable bonds is 4. The average Bonchev–Trinajstić information content (AvgIpc) is 2.40. The Labute approximate surface area is 111 Å². The minimum absolute atomic E-state index is 0.271. The van der Waals surface area contributed by atoms with Crippen LogP contribution in [0.25, 0.3) is 0 Å². The van der Waals surface area contributed by atoms with Gasteiger partial charge in [0.15, 0.2) is 0 Å². The SMILES string of the molecule is CCCNC1CCOC(c2cccc(C)c2C)C1. The maximum Gasteiger partial charge on any atom is 0.0842 e. The van der Waals surface area contributed by atoms with Gasteiger partial charge in [0.05, 0.1) is 6.10 Å². The number of benzene rings is 1. The van der Waals surface area contributed by atoms with Crippen molar-refractivity contribution in [3.05, 3.63) is 34.9 Å². The van der Waals surface area contributed by atoms with Crippen LogP contribution in [0.4, 0.5) is 0 Å². The number of nitrogens with one attached hydrogen (secondary N) is 1.